The Balaban J connectivity index is 3.69. The van der Waals surface area contributed by atoms with Crippen LogP contribution >= 0.6 is 0 Å². The maximum atomic E-state index is 11.2. The van der Waals surface area contributed by atoms with Crippen molar-refractivity contribution in [2.24, 2.45) is 5.92 Å². The van der Waals surface area contributed by atoms with Crippen molar-refractivity contribution >= 4 is 17.9 Å². The molecule has 0 aliphatic heterocycles. The summed E-state index contributed by atoms with van der Waals surface area (Å²) in [6.45, 7) is 2.35. The van der Waals surface area contributed by atoms with Crippen molar-refractivity contribution in [3.05, 3.63) is 0 Å². The molecule has 6 nitrogen and oxygen atoms in total. The first-order valence-corrected chi connectivity index (χ1v) is 6.60. The molecule has 0 aliphatic rings. The number of carbonyl (C=O) groups excluding carboxylic acids is 1. The number of carboxylic acids is 2. The average molecular weight is 274 g/mol. The van der Waals surface area contributed by atoms with Gasteiger partial charge in [0.15, 0.2) is 5.92 Å². The van der Waals surface area contributed by atoms with E-state index in [0.717, 1.165) is 25.7 Å². The van der Waals surface area contributed by atoms with Crippen molar-refractivity contribution < 1.29 is 29.3 Å². The van der Waals surface area contributed by atoms with Crippen LogP contribution in [0.3, 0.4) is 0 Å². The second-order valence-electron chi connectivity index (χ2n) is 4.42. The van der Waals surface area contributed by atoms with Crippen LogP contribution in [0.1, 0.15) is 51.9 Å². The van der Waals surface area contributed by atoms with Crippen LogP contribution in [-0.4, -0.2) is 34.7 Å². The molecule has 6 heteroatoms. The fourth-order valence-corrected chi connectivity index (χ4v) is 1.57. The van der Waals surface area contributed by atoms with Gasteiger partial charge in [-0.1, -0.05) is 39.0 Å². The number of carboxylic acid groups (broad SMARTS) is 2. The van der Waals surface area contributed by atoms with Crippen molar-refractivity contribution in [3.63, 3.8) is 0 Å². The minimum absolute atomic E-state index is 0.219. The lowest BCUT2D eigenvalue weighted by atomic mass is 10.1. The number of hydrogen-bond donors (Lipinski definition) is 2. The first kappa shape index (κ1) is 17.4. The lowest BCUT2D eigenvalue weighted by Gasteiger charge is -2.07. The first-order valence-electron chi connectivity index (χ1n) is 6.60. The molecule has 0 radical (unpaired) electrons. The van der Waals surface area contributed by atoms with Gasteiger partial charge >= 0.3 is 17.9 Å². The topological polar surface area (TPSA) is 101 Å². The van der Waals surface area contributed by atoms with Gasteiger partial charge in [-0.2, -0.15) is 0 Å². The summed E-state index contributed by atoms with van der Waals surface area (Å²) < 4.78 is 4.81. The lowest BCUT2D eigenvalue weighted by molar-refractivity contribution is -0.160. The standard InChI is InChI=1S/C13H22O6/c1-2-3-4-5-6-7-8-19-11(14)9-10(12(15)16)13(17)18/h10H,2-9H2,1H3,(H,15,16)(H,17,18). The quantitative estimate of drug-likeness (QED) is 0.340. The van der Waals surface area contributed by atoms with Gasteiger partial charge < -0.3 is 14.9 Å². The molecule has 0 aromatic heterocycles. The van der Waals surface area contributed by atoms with E-state index in [1.807, 2.05) is 0 Å². The van der Waals surface area contributed by atoms with Crippen molar-refractivity contribution in [2.75, 3.05) is 6.61 Å². The molecule has 0 bridgehead atoms. The molecule has 0 rings (SSSR count). The van der Waals surface area contributed by atoms with E-state index in [0.29, 0.717) is 0 Å². The Kier molecular flexibility index (Phi) is 9.48. The highest BCUT2D eigenvalue weighted by Crippen LogP contribution is 2.08. The molecule has 0 amide bonds. The van der Waals surface area contributed by atoms with Gasteiger partial charge in [-0.3, -0.25) is 14.4 Å². The Morgan fingerprint density at radius 3 is 2.00 bits per heavy atom. The van der Waals surface area contributed by atoms with Crippen LogP contribution in [0.5, 0.6) is 0 Å². The summed E-state index contributed by atoms with van der Waals surface area (Å²) in [7, 11) is 0. The van der Waals surface area contributed by atoms with Crippen molar-refractivity contribution in [3.8, 4) is 0 Å². The maximum absolute atomic E-state index is 11.2. The summed E-state index contributed by atoms with van der Waals surface area (Å²) in [6, 6.07) is 0. The third-order valence-corrected chi connectivity index (χ3v) is 2.73. The highest BCUT2D eigenvalue weighted by Gasteiger charge is 2.29. The number of ether oxygens (including phenoxy) is 1. The molecular weight excluding hydrogens is 252 g/mol. The fourth-order valence-electron chi connectivity index (χ4n) is 1.57. The third-order valence-electron chi connectivity index (χ3n) is 2.73. The Labute approximate surface area is 112 Å². The highest BCUT2D eigenvalue weighted by molar-refractivity contribution is 5.96. The van der Waals surface area contributed by atoms with E-state index in [4.69, 9.17) is 14.9 Å². The van der Waals surface area contributed by atoms with Gasteiger partial charge in [-0.25, -0.2) is 0 Å². The Morgan fingerprint density at radius 2 is 1.47 bits per heavy atom. The maximum Gasteiger partial charge on any atom is 0.318 e. The molecule has 0 unspecified atom stereocenters. The number of carbonyl (C=O) groups is 3. The lowest BCUT2D eigenvalue weighted by Crippen LogP contribution is -2.27. The summed E-state index contributed by atoms with van der Waals surface area (Å²) in [5.74, 6) is -5.55. The minimum atomic E-state index is -1.72. The molecular formula is C13H22O6. The molecule has 0 saturated carbocycles. The molecule has 110 valence electrons. The van der Waals surface area contributed by atoms with E-state index in [2.05, 4.69) is 6.92 Å². The Bertz CT molecular complexity index is 286. The van der Waals surface area contributed by atoms with E-state index < -0.39 is 30.2 Å². The average Bonchev–Trinajstić information content (AvgIpc) is 2.34. The molecule has 0 atom stereocenters. The van der Waals surface area contributed by atoms with Gasteiger partial charge in [-0.15, -0.1) is 0 Å². The van der Waals surface area contributed by atoms with Gasteiger partial charge in [0.05, 0.1) is 13.0 Å². The molecule has 2 N–H and O–H groups in total. The minimum Gasteiger partial charge on any atom is -0.481 e. The van der Waals surface area contributed by atoms with Crippen molar-refractivity contribution in [1.82, 2.24) is 0 Å². The van der Waals surface area contributed by atoms with Gasteiger partial charge in [0.2, 0.25) is 0 Å². The third kappa shape index (κ3) is 9.04. The number of esters is 1. The number of aliphatic carboxylic acids is 2. The second-order valence-corrected chi connectivity index (χ2v) is 4.42. The van der Waals surface area contributed by atoms with Gasteiger partial charge in [0.1, 0.15) is 0 Å². The van der Waals surface area contributed by atoms with Crippen molar-refractivity contribution in [1.29, 1.82) is 0 Å². The summed E-state index contributed by atoms with van der Waals surface area (Å²) in [6.07, 6.45) is 5.65. The van der Waals surface area contributed by atoms with Crippen molar-refractivity contribution in [2.45, 2.75) is 51.9 Å². The van der Waals surface area contributed by atoms with Gasteiger partial charge in [-0.05, 0) is 6.42 Å². The predicted octanol–water partition coefficient (Wildman–Crippen LogP) is 2.07. The number of hydrogen-bond acceptors (Lipinski definition) is 4. The van der Waals surface area contributed by atoms with Crippen LogP contribution in [0, 0.1) is 5.92 Å². The largest absolute Gasteiger partial charge is 0.481 e. The molecule has 0 fully saturated rings. The molecule has 0 spiro atoms. The van der Waals surface area contributed by atoms with Gasteiger partial charge in [0.25, 0.3) is 0 Å². The van der Waals surface area contributed by atoms with Crippen LogP contribution in [0.15, 0.2) is 0 Å². The van der Waals surface area contributed by atoms with Crippen LogP contribution < -0.4 is 0 Å². The second kappa shape index (κ2) is 10.3. The Hall–Kier alpha value is -1.59. The monoisotopic (exact) mass is 274 g/mol. The van der Waals surface area contributed by atoms with Crippen LogP contribution in [0.2, 0.25) is 0 Å². The number of rotatable bonds is 11. The zero-order chi connectivity index (χ0) is 14.7. The summed E-state index contributed by atoms with van der Waals surface area (Å²) >= 11 is 0. The van der Waals surface area contributed by atoms with Crippen LogP contribution in [-0.2, 0) is 19.1 Å². The molecule has 0 aromatic rings. The molecule has 0 saturated heterocycles. The predicted molar refractivity (Wildman–Crippen MR) is 67.7 cm³/mol. The summed E-state index contributed by atoms with van der Waals surface area (Å²) in [4.78, 5) is 32.4. The normalized spacial score (nSPS) is 10.4. The Morgan fingerprint density at radius 1 is 0.947 bits per heavy atom. The van der Waals surface area contributed by atoms with E-state index >= 15 is 0 Å². The van der Waals surface area contributed by atoms with E-state index in [1.54, 1.807) is 0 Å². The van der Waals surface area contributed by atoms with E-state index in [1.165, 1.54) is 12.8 Å². The molecule has 0 aromatic carbocycles. The molecule has 19 heavy (non-hydrogen) atoms. The summed E-state index contributed by atoms with van der Waals surface area (Å²) in [5.41, 5.74) is 0. The zero-order valence-electron chi connectivity index (χ0n) is 11.3. The molecule has 0 heterocycles. The van der Waals surface area contributed by atoms with Crippen LogP contribution in [0.4, 0.5) is 0 Å². The smallest absolute Gasteiger partial charge is 0.318 e. The highest BCUT2D eigenvalue weighted by atomic mass is 16.5. The molecule has 0 aliphatic carbocycles. The first-order chi connectivity index (χ1) is 8.99. The van der Waals surface area contributed by atoms with E-state index in [9.17, 15) is 14.4 Å². The van der Waals surface area contributed by atoms with Gasteiger partial charge in [0, 0.05) is 0 Å². The number of unbranched alkanes of at least 4 members (excludes halogenated alkanes) is 5. The fraction of sp³-hybridized carbons (Fsp3) is 0.769. The zero-order valence-corrected chi connectivity index (χ0v) is 11.3. The summed E-state index contributed by atoms with van der Waals surface area (Å²) in [5, 5.41) is 17.2. The SMILES string of the molecule is CCCCCCCCOC(=O)CC(C(=O)O)C(=O)O. The van der Waals surface area contributed by atoms with Crippen LogP contribution in [0.25, 0.3) is 0 Å². The van der Waals surface area contributed by atoms with E-state index in [-0.39, 0.29) is 6.61 Å².